The average Bonchev–Trinajstić information content (AvgIpc) is 2.69. The van der Waals surface area contributed by atoms with Crippen LogP contribution in [0.4, 0.5) is 10.1 Å². The van der Waals surface area contributed by atoms with Crippen molar-refractivity contribution in [2.45, 2.75) is 13.0 Å². The normalized spacial score (nSPS) is 15.2. The molecule has 0 bridgehead atoms. The summed E-state index contributed by atoms with van der Waals surface area (Å²) in [5.74, 6) is 0.509. The molecule has 26 heavy (non-hydrogen) atoms. The zero-order chi connectivity index (χ0) is 18.1. The average molecular weight is 354 g/mol. The van der Waals surface area contributed by atoms with Gasteiger partial charge in [-0.25, -0.2) is 4.39 Å². The van der Waals surface area contributed by atoms with Crippen LogP contribution in [0, 0.1) is 5.82 Å². The fourth-order valence-corrected chi connectivity index (χ4v) is 3.30. The molecule has 0 saturated heterocycles. The minimum absolute atomic E-state index is 0.107. The Morgan fingerprint density at radius 2 is 2.19 bits per heavy atom. The Bertz CT molecular complexity index is 908. The van der Waals surface area contributed by atoms with E-state index >= 15 is 0 Å². The highest BCUT2D eigenvalue weighted by molar-refractivity contribution is 6.07. The van der Waals surface area contributed by atoms with Gasteiger partial charge in [0.2, 0.25) is 0 Å². The maximum Gasteiger partial charge on any atom is 0.255 e. The summed E-state index contributed by atoms with van der Waals surface area (Å²) in [5, 5.41) is 5.88. The molecule has 0 fully saturated rings. The molecule has 4 rings (SSSR count). The fraction of sp³-hybridized carbons (Fsp3) is 0.250. The molecule has 0 atom stereocenters. The van der Waals surface area contributed by atoms with Crippen molar-refractivity contribution in [2.75, 3.05) is 25.6 Å². The maximum absolute atomic E-state index is 14.7. The number of fused-ring (bicyclic) bond motifs is 2. The van der Waals surface area contributed by atoms with Gasteiger partial charge in [0.1, 0.15) is 12.4 Å². The minimum atomic E-state index is -0.369. The third kappa shape index (κ3) is 2.93. The van der Waals surface area contributed by atoms with Crippen molar-refractivity contribution in [3.8, 4) is 11.5 Å². The van der Waals surface area contributed by atoms with Crippen molar-refractivity contribution < 1.29 is 18.7 Å². The van der Waals surface area contributed by atoms with E-state index in [1.165, 1.54) is 0 Å². The van der Waals surface area contributed by atoms with Crippen molar-refractivity contribution >= 4 is 17.7 Å². The Balaban J connectivity index is 1.58. The summed E-state index contributed by atoms with van der Waals surface area (Å²) < 4.78 is 25.7. The van der Waals surface area contributed by atoms with Gasteiger partial charge in [0.25, 0.3) is 5.91 Å². The van der Waals surface area contributed by atoms with Gasteiger partial charge in [-0.1, -0.05) is 18.2 Å². The monoisotopic (exact) mass is 354 g/mol. The van der Waals surface area contributed by atoms with Gasteiger partial charge in [-0.15, -0.1) is 0 Å². The van der Waals surface area contributed by atoms with Crippen molar-refractivity contribution in [1.82, 2.24) is 5.32 Å². The number of halogens is 1. The van der Waals surface area contributed by atoms with Crippen LogP contribution in [-0.4, -0.2) is 26.2 Å². The van der Waals surface area contributed by atoms with E-state index in [1.54, 1.807) is 25.3 Å². The second-order valence-corrected chi connectivity index (χ2v) is 6.28. The van der Waals surface area contributed by atoms with Crippen LogP contribution in [-0.2, 0) is 17.8 Å². The number of rotatable bonds is 3. The number of methoxy groups -OCH3 is 1. The van der Waals surface area contributed by atoms with E-state index in [9.17, 15) is 9.18 Å². The molecule has 5 nitrogen and oxygen atoms in total. The van der Waals surface area contributed by atoms with Crippen LogP contribution in [0.25, 0.3) is 6.08 Å². The zero-order valence-corrected chi connectivity index (χ0v) is 14.4. The first-order valence-electron chi connectivity index (χ1n) is 8.50. The summed E-state index contributed by atoms with van der Waals surface area (Å²) in [7, 11) is 1.57. The number of nitrogens with one attached hydrogen (secondary N) is 2. The number of hydrogen-bond donors (Lipinski definition) is 2. The Labute approximate surface area is 150 Å². The molecule has 2 heterocycles. The molecule has 1 amide bonds. The highest BCUT2D eigenvalue weighted by atomic mass is 19.1. The molecular formula is C20H19FN2O3. The molecule has 2 aromatic rings. The van der Waals surface area contributed by atoms with Crippen LogP contribution >= 0.6 is 0 Å². The van der Waals surface area contributed by atoms with Crippen molar-refractivity contribution in [2.24, 2.45) is 0 Å². The Morgan fingerprint density at radius 3 is 3.04 bits per heavy atom. The number of carbonyl (C=O) groups excluding carboxylic acids is 1. The van der Waals surface area contributed by atoms with Crippen LogP contribution in [0.5, 0.6) is 11.5 Å². The summed E-state index contributed by atoms with van der Waals surface area (Å²) in [4.78, 5) is 12.6. The quantitative estimate of drug-likeness (QED) is 0.890. The van der Waals surface area contributed by atoms with Crippen LogP contribution in [0.15, 0.2) is 35.9 Å². The highest BCUT2D eigenvalue weighted by Crippen LogP contribution is 2.35. The number of ether oxygens (including phenoxy) is 2. The molecule has 2 N–H and O–H groups in total. The van der Waals surface area contributed by atoms with Gasteiger partial charge in [0.05, 0.1) is 18.4 Å². The predicted octanol–water partition coefficient (Wildman–Crippen LogP) is 2.89. The van der Waals surface area contributed by atoms with E-state index < -0.39 is 0 Å². The summed E-state index contributed by atoms with van der Waals surface area (Å²) in [6.45, 7) is 1.49. The molecule has 0 unspecified atom stereocenters. The van der Waals surface area contributed by atoms with Crippen LogP contribution in [0.3, 0.4) is 0 Å². The first-order valence-corrected chi connectivity index (χ1v) is 8.50. The van der Waals surface area contributed by atoms with E-state index in [4.69, 9.17) is 9.47 Å². The molecule has 2 aromatic carbocycles. The number of carbonyl (C=O) groups is 1. The Morgan fingerprint density at radius 1 is 1.31 bits per heavy atom. The molecule has 0 radical (unpaired) electrons. The molecule has 0 spiro atoms. The zero-order valence-electron chi connectivity index (χ0n) is 14.4. The lowest BCUT2D eigenvalue weighted by molar-refractivity contribution is -0.113. The number of amides is 1. The van der Waals surface area contributed by atoms with Crippen LogP contribution < -0.4 is 20.1 Å². The van der Waals surface area contributed by atoms with Crippen LogP contribution in [0.1, 0.15) is 16.7 Å². The molecule has 0 aromatic heterocycles. The Kier molecular flexibility index (Phi) is 4.34. The lowest BCUT2D eigenvalue weighted by Gasteiger charge is -2.21. The molecule has 2 aliphatic rings. The lowest BCUT2D eigenvalue weighted by atomic mass is 9.99. The van der Waals surface area contributed by atoms with E-state index in [-0.39, 0.29) is 24.0 Å². The Hall–Kier alpha value is -2.86. The van der Waals surface area contributed by atoms with Gasteiger partial charge in [-0.2, -0.15) is 0 Å². The molecular weight excluding hydrogens is 335 g/mol. The summed E-state index contributed by atoms with van der Waals surface area (Å²) in [6, 6.07) is 8.94. The minimum Gasteiger partial charge on any atom is -0.493 e. The summed E-state index contributed by atoms with van der Waals surface area (Å²) in [6.07, 6.45) is 2.36. The van der Waals surface area contributed by atoms with E-state index in [0.29, 0.717) is 35.6 Å². The van der Waals surface area contributed by atoms with E-state index in [2.05, 4.69) is 10.6 Å². The van der Waals surface area contributed by atoms with Crippen LogP contribution in [0.2, 0.25) is 0 Å². The van der Waals surface area contributed by atoms with Crippen molar-refractivity contribution in [3.05, 3.63) is 58.4 Å². The third-order valence-electron chi connectivity index (χ3n) is 4.68. The number of hydrogen-bond acceptors (Lipinski definition) is 4. The van der Waals surface area contributed by atoms with Gasteiger partial charge >= 0.3 is 0 Å². The molecule has 6 heteroatoms. The SMILES string of the molecule is COc1cccc2c1OCC(C(=O)Nc1ccc3c(c1F)CCNC3)=C2. The second-order valence-electron chi connectivity index (χ2n) is 6.28. The lowest BCUT2D eigenvalue weighted by Crippen LogP contribution is -2.26. The van der Waals surface area contributed by atoms with Gasteiger partial charge in [0, 0.05) is 12.1 Å². The molecule has 134 valence electrons. The fourth-order valence-electron chi connectivity index (χ4n) is 3.30. The largest absolute Gasteiger partial charge is 0.493 e. The van der Waals surface area contributed by atoms with Gasteiger partial charge in [0.15, 0.2) is 11.5 Å². The highest BCUT2D eigenvalue weighted by Gasteiger charge is 2.22. The van der Waals surface area contributed by atoms with Crippen molar-refractivity contribution in [3.63, 3.8) is 0 Å². The van der Waals surface area contributed by atoms with E-state index in [1.807, 2.05) is 18.2 Å². The number of benzene rings is 2. The molecule has 0 saturated carbocycles. The molecule has 0 aliphatic carbocycles. The molecule has 2 aliphatic heterocycles. The number of para-hydroxylation sites is 1. The first-order chi connectivity index (χ1) is 12.7. The van der Waals surface area contributed by atoms with Gasteiger partial charge in [-0.05, 0) is 42.3 Å². The maximum atomic E-state index is 14.7. The van der Waals surface area contributed by atoms with E-state index in [0.717, 1.165) is 17.7 Å². The van der Waals surface area contributed by atoms with Gasteiger partial charge in [-0.3, -0.25) is 4.79 Å². The second kappa shape index (κ2) is 6.80. The van der Waals surface area contributed by atoms with Gasteiger partial charge < -0.3 is 20.1 Å². The standard InChI is InChI=1S/C20H19FN2O3/c1-25-17-4-2-3-12-9-14(11-26-19(12)17)20(24)23-16-6-5-13-10-22-8-7-15(13)18(16)21/h2-6,9,22H,7-8,10-11H2,1H3,(H,23,24). The topological polar surface area (TPSA) is 59.6 Å². The number of anilines is 1. The third-order valence-corrected chi connectivity index (χ3v) is 4.68. The summed E-state index contributed by atoms with van der Waals surface area (Å²) >= 11 is 0. The first kappa shape index (κ1) is 16.6. The summed E-state index contributed by atoms with van der Waals surface area (Å²) in [5.41, 5.74) is 3.01. The van der Waals surface area contributed by atoms with Crippen molar-refractivity contribution in [1.29, 1.82) is 0 Å². The predicted molar refractivity (Wildman–Crippen MR) is 96.9 cm³/mol. The smallest absolute Gasteiger partial charge is 0.255 e.